The van der Waals surface area contributed by atoms with Gasteiger partial charge in [0.05, 0.1) is 11.6 Å². The fourth-order valence-electron chi connectivity index (χ4n) is 1.37. The number of hydrogen-bond acceptors (Lipinski definition) is 4. The predicted octanol–water partition coefficient (Wildman–Crippen LogP) is 1.16. The van der Waals surface area contributed by atoms with E-state index in [-0.39, 0.29) is 5.78 Å². The Balaban J connectivity index is 2.52. The quantitative estimate of drug-likeness (QED) is 0.740. The van der Waals surface area contributed by atoms with E-state index in [9.17, 15) is 4.79 Å². The van der Waals surface area contributed by atoms with Gasteiger partial charge in [-0.15, -0.1) is 0 Å². The van der Waals surface area contributed by atoms with Gasteiger partial charge in [0.1, 0.15) is 0 Å². The van der Waals surface area contributed by atoms with Crippen molar-refractivity contribution in [2.45, 2.75) is 13.0 Å². The van der Waals surface area contributed by atoms with Gasteiger partial charge < -0.3 is 5.73 Å². The summed E-state index contributed by atoms with van der Waals surface area (Å²) in [5.74, 6) is -0.103. The first-order chi connectivity index (χ1) is 7.18. The molecule has 4 heteroatoms. The molecule has 0 aliphatic rings. The maximum atomic E-state index is 11.6. The summed E-state index contributed by atoms with van der Waals surface area (Å²) in [7, 11) is 0. The van der Waals surface area contributed by atoms with Crippen molar-refractivity contribution in [1.82, 2.24) is 9.97 Å². The molecule has 2 aromatic heterocycles. The summed E-state index contributed by atoms with van der Waals surface area (Å²) in [4.78, 5) is 19.7. The Hall–Kier alpha value is -1.81. The molecular formula is C11H11N3O. The zero-order valence-corrected chi connectivity index (χ0v) is 8.34. The lowest BCUT2D eigenvalue weighted by Gasteiger charge is -2.04. The highest BCUT2D eigenvalue weighted by molar-refractivity contribution is 6.01. The van der Waals surface area contributed by atoms with Crippen molar-refractivity contribution < 1.29 is 4.79 Å². The minimum atomic E-state index is -0.499. The van der Waals surface area contributed by atoms with Crippen molar-refractivity contribution in [1.29, 1.82) is 0 Å². The van der Waals surface area contributed by atoms with Crippen molar-refractivity contribution in [2.24, 2.45) is 5.73 Å². The molecule has 2 heterocycles. The SMILES string of the molecule is CC(N)C(=O)c1cnc2ccncc2c1. The second-order valence-electron chi connectivity index (χ2n) is 3.45. The largest absolute Gasteiger partial charge is 0.321 e. The fraction of sp³-hybridized carbons (Fsp3) is 0.182. The zero-order chi connectivity index (χ0) is 10.8. The number of ketones is 1. The van der Waals surface area contributed by atoms with Gasteiger partial charge in [-0.25, -0.2) is 0 Å². The van der Waals surface area contributed by atoms with Crippen molar-refractivity contribution in [3.05, 3.63) is 36.3 Å². The van der Waals surface area contributed by atoms with Crippen molar-refractivity contribution in [3.63, 3.8) is 0 Å². The van der Waals surface area contributed by atoms with E-state index in [2.05, 4.69) is 9.97 Å². The summed E-state index contributed by atoms with van der Waals surface area (Å²) >= 11 is 0. The zero-order valence-electron chi connectivity index (χ0n) is 8.34. The maximum Gasteiger partial charge on any atom is 0.180 e. The highest BCUT2D eigenvalue weighted by Gasteiger charge is 2.11. The lowest BCUT2D eigenvalue weighted by Crippen LogP contribution is -2.26. The standard InChI is InChI=1S/C11H11N3O/c1-7(12)11(15)9-4-8-5-13-3-2-10(8)14-6-9/h2-7H,12H2,1H3. The first-order valence-corrected chi connectivity index (χ1v) is 4.68. The van der Waals surface area contributed by atoms with Crippen LogP contribution in [0.1, 0.15) is 17.3 Å². The van der Waals surface area contributed by atoms with Crippen LogP contribution < -0.4 is 5.73 Å². The Morgan fingerprint density at radius 2 is 2.27 bits per heavy atom. The third-order valence-corrected chi connectivity index (χ3v) is 2.18. The van der Waals surface area contributed by atoms with E-state index < -0.39 is 6.04 Å². The lowest BCUT2D eigenvalue weighted by atomic mass is 10.1. The van der Waals surface area contributed by atoms with Crippen LogP contribution in [0, 0.1) is 0 Å². The van der Waals surface area contributed by atoms with Gasteiger partial charge in [0.25, 0.3) is 0 Å². The monoisotopic (exact) mass is 201 g/mol. The molecule has 2 rings (SSSR count). The van der Waals surface area contributed by atoms with Gasteiger partial charge in [0, 0.05) is 29.5 Å². The van der Waals surface area contributed by atoms with Crippen LogP contribution in [0.4, 0.5) is 0 Å². The van der Waals surface area contributed by atoms with Gasteiger partial charge in [-0.3, -0.25) is 14.8 Å². The van der Waals surface area contributed by atoms with Gasteiger partial charge >= 0.3 is 0 Å². The second-order valence-corrected chi connectivity index (χ2v) is 3.45. The number of hydrogen-bond donors (Lipinski definition) is 1. The molecule has 0 fully saturated rings. The highest BCUT2D eigenvalue weighted by Crippen LogP contribution is 2.12. The van der Waals surface area contributed by atoms with Crippen LogP contribution in [0.5, 0.6) is 0 Å². The molecule has 0 saturated heterocycles. The minimum Gasteiger partial charge on any atom is -0.321 e. The number of carbonyl (C=O) groups excluding carboxylic acids is 1. The van der Waals surface area contributed by atoms with Gasteiger partial charge in [-0.2, -0.15) is 0 Å². The predicted molar refractivity (Wildman–Crippen MR) is 57.5 cm³/mol. The molecule has 0 aliphatic carbocycles. The Morgan fingerprint density at radius 1 is 1.47 bits per heavy atom. The van der Waals surface area contributed by atoms with E-state index in [1.165, 1.54) is 0 Å². The molecular weight excluding hydrogens is 190 g/mol. The first kappa shape index (κ1) is 9.73. The Morgan fingerprint density at radius 3 is 3.00 bits per heavy atom. The van der Waals surface area contributed by atoms with Crippen LogP contribution >= 0.6 is 0 Å². The van der Waals surface area contributed by atoms with Crippen LogP contribution in [0.15, 0.2) is 30.7 Å². The van der Waals surface area contributed by atoms with Crippen LogP contribution in [-0.4, -0.2) is 21.8 Å². The van der Waals surface area contributed by atoms with E-state index >= 15 is 0 Å². The van der Waals surface area contributed by atoms with E-state index in [4.69, 9.17) is 5.73 Å². The molecule has 4 nitrogen and oxygen atoms in total. The number of nitrogens with zero attached hydrogens (tertiary/aromatic N) is 2. The molecule has 0 amide bonds. The fourth-order valence-corrected chi connectivity index (χ4v) is 1.37. The summed E-state index contributed by atoms with van der Waals surface area (Å²) in [6.07, 6.45) is 4.90. The Bertz CT molecular complexity index is 508. The molecule has 0 spiro atoms. The average Bonchev–Trinajstić information content (AvgIpc) is 2.27. The molecule has 1 unspecified atom stereocenters. The van der Waals surface area contributed by atoms with Crippen LogP contribution in [0.3, 0.4) is 0 Å². The number of carbonyl (C=O) groups is 1. The molecule has 0 aliphatic heterocycles. The molecule has 0 radical (unpaired) electrons. The summed E-state index contributed by atoms with van der Waals surface area (Å²) < 4.78 is 0. The lowest BCUT2D eigenvalue weighted by molar-refractivity contribution is 0.0968. The number of rotatable bonds is 2. The van der Waals surface area contributed by atoms with E-state index in [1.54, 1.807) is 37.6 Å². The number of pyridine rings is 2. The van der Waals surface area contributed by atoms with Crippen LogP contribution in [0.2, 0.25) is 0 Å². The Labute approximate surface area is 87.1 Å². The number of nitrogens with two attached hydrogens (primary N) is 1. The number of Topliss-reactive ketones (excluding diaryl/α,β-unsaturated/α-hetero) is 1. The summed E-state index contributed by atoms with van der Waals surface area (Å²) in [6, 6.07) is 3.07. The summed E-state index contributed by atoms with van der Waals surface area (Å²) in [5, 5.41) is 0.851. The van der Waals surface area contributed by atoms with Crippen LogP contribution in [-0.2, 0) is 0 Å². The molecule has 15 heavy (non-hydrogen) atoms. The van der Waals surface area contributed by atoms with Crippen molar-refractivity contribution >= 4 is 16.7 Å². The van der Waals surface area contributed by atoms with Crippen molar-refractivity contribution in [2.75, 3.05) is 0 Å². The summed E-state index contributed by atoms with van der Waals surface area (Å²) in [6.45, 7) is 1.66. The third-order valence-electron chi connectivity index (χ3n) is 2.18. The average molecular weight is 201 g/mol. The van der Waals surface area contributed by atoms with Gasteiger partial charge in [-0.05, 0) is 19.1 Å². The van der Waals surface area contributed by atoms with E-state index in [1.807, 2.05) is 0 Å². The second kappa shape index (κ2) is 3.74. The molecule has 76 valence electrons. The smallest absolute Gasteiger partial charge is 0.180 e. The molecule has 2 aromatic rings. The Kier molecular flexibility index (Phi) is 2.43. The molecule has 0 saturated carbocycles. The van der Waals surface area contributed by atoms with Gasteiger partial charge in [0.2, 0.25) is 0 Å². The van der Waals surface area contributed by atoms with Gasteiger partial charge in [-0.1, -0.05) is 0 Å². The van der Waals surface area contributed by atoms with E-state index in [0.29, 0.717) is 5.56 Å². The number of aromatic nitrogens is 2. The molecule has 0 bridgehead atoms. The molecule has 1 atom stereocenters. The first-order valence-electron chi connectivity index (χ1n) is 4.68. The third kappa shape index (κ3) is 1.85. The molecule has 0 aromatic carbocycles. The van der Waals surface area contributed by atoms with Crippen LogP contribution in [0.25, 0.3) is 10.9 Å². The normalized spacial score (nSPS) is 12.7. The maximum absolute atomic E-state index is 11.6. The van der Waals surface area contributed by atoms with Gasteiger partial charge in [0.15, 0.2) is 5.78 Å². The number of fused-ring (bicyclic) bond motifs is 1. The minimum absolute atomic E-state index is 0.103. The highest BCUT2D eigenvalue weighted by atomic mass is 16.1. The van der Waals surface area contributed by atoms with E-state index in [0.717, 1.165) is 10.9 Å². The van der Waals surface area contributed by atoms with Crippen molar-refractivity contribution in [3.8, 4) is 0 Å². The molecule has 2 N–H and O–H groups in total. The summed E-state index contributed by atoms with van der Waals surface area (Å²) in [5.41, 5.74) is 6.88. The topological polar surface area (TPSA) is 68.9 Å².